The van der Waals surface area contributed by atoms with E-state index in [1.807, 2.05) is 47.5 Å². The number of methoxy groups -OCH3 is 1. The van der Waals surface area contributed by atoms with E-state index < -0.39 is 0 Å². The van der Waals surface area contributed by atoms with Gasteiger partial charge in [0.05, 0.1) is 18.4 Å². The normalized spacial score (nSPS) is 21.6. The quantitative estimate of drug-likeness (QED) is 0.768. The van der Waals surface area contributed by atoms with Gasteiger partial charge in [-0.2, -0.15) is 0 Å². The molecule has 3 heterocycles. The zero-order valence-electron chi connectivity index (χ0n) is 17.1. The molecule has 0 N–H and O–H groups in total. The van der Waals surface area contributed by atoms with Crippen molar-refractivity contribution in [3.63, 3.8) is 0 Å². The van der Waals surface area contributed by atoms with Crippen LogP contribution >= 0.6 is 11.3 Å². The molecule has 1 aromatic carbocycles. The number of likely N-dealkylation sites (tertiary alicyclic amines) is 2. The first-order valence-electron chi connectivity index (χ1n) is 10.3. The predicted molar refractivity (Wildman–Crippen MR) is 114 cm³/mol. The number of carbonyl (C=O) groups is 2. The number of nitrogens with zero attached hydrogens (tertiary/aromatic N) is 2. The zero-order valence-corrected chi connectivity index (χ0v) is 17.9. The van der Waals surface area contributed by atoms with Crippen molar-refractivity contribution in [3.05, 3.63) is 51.7 Å². The average molecular weight is 413 g/mol. The van der Waals surface area contributed by atoms with Crippen LogP contribution in [0.4, 0.5) is 0 Å². The molecule has 154 valence electrons. The van der Waals surface area contributed by atoms with Crippen LogP contribution in [0, 0.1) is 12.8 Å². The molecule has 0 radical (unpaired) electrons. The van der Waals surface area contributed by atoms with Gasteiger partial charge in [-0.1, -0.05) is 12.1 Å². The maximum absolute atomic E-state index is 13.1. The number of piperidine rings is 2. The summed E-state index contributed by atoms with van der Waals surface area (Å²) in [6.45, 7) is 4.30. The summed E-state index contributed by atoms with van der Waals surface area (Å²) in [5, 5.41) is 1.99. The number of thiophene rings is 1. The third kappa shape index (κ3) is 4.17. The number of carbonyl (C=O) groups excluding carboxylic acids is 2. The van der Waals surface area contributed by atoms with Gasteiger partial charge in [-0.15, -0.1) is 11.3 Å². The van der Waals surface area contributed by atoms with Crippen LogP contribution in [-0.4, -0.2) is 54.4 Å². The highest BCUT2D eigenvalue weighted by Crippen LogP contribution is 2.33. The fraction of sp³-hybridized carbons (Fsp3) is 0.478. The van der Waals surface area contributed by atoms with Gasteiger partial charge in [0.15, 0.2) is 0 Å². The second-order valence-electron chi connectivity index (χ2n) is 8.06. The standard InChI is InChI=1S/C23H28N2O3S/c1-16-9-12-29-22(16)23(27)25-10-4-6-18-15-24(11-8-20(18)25)21(26)14-17-5-3-7-19(13-17)28-2/h3,5,7,9,12-13,18,20H,4,6,8,10-11,14-15H2,1-2H3/t18-,20-/m1/s1. The van der Waals surface area contributed by atoms with Gasteiger partial charge in [-0.25, -0.2) is 0 Å². The predicted octanol–water partition coefficient (Wildman–Crippen LogP) is 3.76. The van der Waals surface area contributed by atoms with E-state index in [0.717, 1.165) is 60.7 Å². The Morgan fingerprint density at radius 2 is 2.07 bits per heavy atom. The van der Waals surface area contributed by atoms with Crippen LogP contribution in [0.5, 0.6) is 5.75 Å². The Bertz CT molecular complexity index is 894. The Morgan fingerprint density at radius 1 is 1.21 bits per heavy atom. The molecule has 2 fully saturated rings. The van der Waals surface area contributed by atoms with Gasteiger partial charge in [0.2, 0.25) is 5.91 Å². The van der Waals surface area contributed by atoms with Gasteiger partial charge in [-0.05, 0) is 66.8 Å². The SMILES string of the molecule is COc1cccc(CC(=O)N2CC[C@@H]3[C@H](CCCN3C(=O)c3sccc3C)C2)c1. The lowest BCUT2D eigenvalue weighted by Crippen LogP contribution is -2.56. The van der Waals surface area contributed by atoms with Crippen molar-refractivity contribution in [3.8, 4) is 5.75 Å². The Balaban J connectivity index is 1.41. The van der Waals surface area contributed by atoms with Crippen LogP contribution in [0.3, 0.4) is 0 Å². The van der Waals surface area contributed by atoms with Crippen LogP contribution in [0.1, 0.15) is 40.1 Å². The van der Waals surface area contributed by atoms with Gasteiger partial charge >= 0.3 is 0 Å². The number of amides is 2. The molecule has 0 aliphatic carbocycles. The lowest BCUT2D eigenvalue weighted by molar-refractivity contribution is -0.133. The molecular formula is C23H28N2O3S. The summed E-state index contributed by atoms with van der Waals surface area (Å²) in [5.41, 5.74) is 2.04. The number of aryl methyl sites for hydroxylation is 1. The van der Waals surface area contributed by atoms with Crippen LogP contribution in [0.25, 0.3) is 0 Å². The first kappa shape index (κ1) is 20.0. The first-order valence-corrected chi connectivity index (χ1v) is 11.2. The molecular weight excluding hydrogens is 384 g/mol. The van der Waals surface area contributed by atoms with Gasteiger partial charge in [0.25, 0.3) is 5.91 Å². The molecule has 0 unspecified atom stereocenters. The highest BCUT2D eigenvalue weighted by molar-refractivity contribution is 7.12. The van der Waals surface area contributed by atoms with Gasteiger partial charge < -0.3 is 14.5 Å². The zero-order chi connectivity index (χ0) is 20.4. The van der Waals surface area contributed by atoms with Crippen molar-refractivity contribution in [1.29, 1.82) is 0 Å². The van der Waals surface area contributed by atoms with E-state index in [9.17, 15) is 9.59 Å². The van der Waals surface area contributed by atoms with Gasteiger partial charge in [-0.3, -0.25) is 9.59 Å². The Kier molecular flexibility index (Phi) is 5.90. The molecule has 1 aromatic heterocycles. The molecule has 0 spiro atoms. The third-order valence-electron chi connectivity index (χ3n) is 6.23. The minimum Gasteiger partial charge on any atom is -0.497 e. The van der Waals surface area contributed by atoms with Crippen LogP contribution < -0.4 is 4.74 Å². The number of ether oxygens (including phenoxy) is 1. The van der Waals surface area contributed by atoms with E-state index in [1.165, 1.54) is 11.3 Å². The smallest absolute Gasteiger partial charge is 0.264 e. The van der Waals surface area contributed by atoms with Crippen molar-refractivity contribution < 1.29 is 14.3 Å². The molecule has 2 aromatic rings. The summed E-state index contributed by atoms with van der Waals surface area (Å²) in [5.74, 6) is 1.48. The summed E-state index contributed by atoms with van der Waals surface area (Å²) in [6.07, 6.45) is 3.35. The topological polar surface area (TPSA) is 49.9 Å². The highest BCUT2D eigenvalue weighted by Gasteiger charge is 2.39. The van der Waals surface area contributed by atoms with Gasteiger partial charge in [0, 0.05) is 25.7 Å². The molecule has 4 rings (SSSR count). The van der Waals surface area contributed by atoms with E-state index in [2.05, 4.69) is 4.90 Å². The lowest BCUT2D eigenvalue weighted by atomic mass is 9.83. The summed E-state index contributed by atoms with van der Waals surface area (Å²) in [7, 11) is 1.64. The minimum atomic E-state index is 0.161. The van der Waals surface area contributed by atoms with E-state index >= 15 is 0 Å². The fourth-order valence-corrected chi connectivity index (χ4v) is 5.55. The molecule has 2 atom stereocenters. The summed E-state index contributed by atoms with van der Waals surface area (Å²) < 4.78 is 5.26. The fourth-order valence-electron chi connectivity index (χ4n) is 4.67. The maximum atomic E-state index is 13.1. The van der Waals surface area contributed by atoms with Crippen molar-refractivity contribution in [2.75, 3.05) is 26.7 Å². The second kappa shape index (κ2) is 8.57. The van der Waals surface area contributed by atoms with Crippen LogP contribution in [0.15, 0.2) is 35.7 Å². The number of hydrogen-bond acceptors (Lipinski definition) is 4. The average Bonchev–Trinajstić information content (AvgIpc) is 3.18. The number of hydrogen-bond donors (Lipinski definition) is 0. The largest absolute Gasteiger partial charge is 0.497 e. The summed E-state index contributed by atoms with van der Waals surface area (Å²) >= 11 is 1.53. The molecule has 2 aliphatic rings. The molecule has 5 nitrogen and oxygen atoms in total. The van der Waals surface area contributed by atoms with Gasteiger partial charge in [0.1, 0.15) is 5.75 Å². The Labute approximate surface area is 176 Å². The Hall–Kier alpha value is -2.34. The van der Waals surface area contributed by atoms with E-state index in [1.54, 1.807) is 7.11 Å². The highest BCUT2D eigenvalue weighted by atomic mass is 32.1. The van der Waals surface area contributed by atoms with Crippen molar-refractivity contribution in [2.24, 2.45) is 5.92 Å². The molecule has 2 amide bonds. The van der Waals surface area contributed by atoms with Crippen LogP contribution in [-0.2, 0) is 11.2 Å². The van der Waals surface area contributed by atoms with Crippen molar-refractivity contribution >= 4 is 23.2 Å². The number of fused-ring (bicyclic) bond motifs is 1. The van der Waals surface area contributed by atoms with Crippen LogP contribution in [0.2, 0.25) is 0 Å². The van der Waals surface area contributed by atoms with Crippen molar-refractivity contribution in [1.82, 2.24) is 9.80 Å². The second-order valence-corrected chi connectivity index (χ2v) is 8.97. The monoisotopic (exact) mass is 412 g/mol. The van der Waals surface area contributed by atoms with E-state index in [0.29, 0.717) is 12.3 Å². The minimum absolute atomic E-state index is 0.161. The van der Waals surface area contributed by atoms with E-state index in [-0.39, 0.29) is 17.9 Å². The summed E-state index contributed by atoms with van der Waals surface area (Å²) in [6, 6.07) is 9.97. The maximum Gasteiger partial charge on any atom is 0.264 e. The molecule has 29 heavy (non-hydrogen) atoms. The molecule has 2 aliphatic heterocycles. The number of benzene rings is 1. The Morgan fingerprint density at radius 3 is 2.83 bits per heavy atom. The third-order valence-corrected chi connectivity index (χ3v) is 7.23. The molecule has 0 saturated carbocycles. The number of rotatable bonds is 4. The molecule has 2 saturated heterocycles. The lowest BCUT2D eigenvalue weighted by Gasteiger charge is -2.47. The van der Waals surface area contributed by atoms with E-state index in [4.69, 9.17) is 4.74 Å². The molecule has 6 heteroatoms. The van der Waals surface area contributed by atoms with Crippen molar-refractivity contribution in [2.45, 2.75) is 38.6 Å². The first-order chi connectivity index (χ1) is 14.1. The summed E-state index contributed by atoms with van der Waals surface area (Å²) in [4.78, 5) is 30.9. The molecule has 0 bridgehead atoms.